The van der Waals surface area contributed by atoms with E-state index in [1.54, 1.807) is 6.26 Å². The van der Waals surface area contributed by atoms with Crippen molar-refractivity contribution >= 4 is 10.8 Å². The van der Waals surface area contributed by atoms with Gasteiger partial charge in [-0.05, 0) is 19.8 Å². The van der Waals surface area contributed by atoms with Gasteiger partial charge in [0.1, 0.15) is 6.61 Å². The maximum atomic E-state index is 11.2. The van der Waals surface area contributed by atoms with Crippen molar-refractivity contribution < 1.29 is 8.95 Å². The summed E-state index contributed by atoms with van der Waals surface area (Å²) in [5, 5.41) is 0.284. The van der Waals surface area contributed by atoms with Crippen molar-refractivity contribution in [1.29, 1.82) is 0 Å². The SMILES string of the molecule is C/C=C/OCC1CCCS1=O. The van der Waals surface area contributed by atoms with Crippen LogP contribution < -0.4 is 0 Å². The molecule has 0 aliphatic carbocycles. The van der Waals surface area contributed by atoms with Gasteiger partial charge in [-0.15, -0.1) is 0 Å². The fourth-order valence-corrected chi connectivity index (χ4v) is 2.61. The Balaban J connectivity index is 2.20. The zero-order valence-electron chi connectivity index (χ0n) is 6.79. The predicted octanol–water partition coefficient (Wildman–Crippen LogP) is 1.45. The van der Waals surface area contributed by atoms with Crippen molar-refractivity contribution in [2.75, 3.05) is 12.4 Å². The average molecular weight is 174 g/mol. The number of hydrogen-bond acceptors (Lipinski definition) is 2. The van der Waals surface area contributed by atoms with Gasteiger partial charge in [0.15, 0.2) is 0 Å². The molecule has 64 valence electrons. The van der Waals surface area contributed by atoms with E-state index in [2.05, 4.69) is 0 Å². The van der Waals surface area contributed by atoms with Gasteiger partial charge in [0, 0.05) is 16.6 Å². The maximum Gasteiger partial charge on any atom is 0.102 e. The van der Waals surface area contributed by atoms with Crippen molar-refractivity contribution in [3.8, 4) is 0 Å². The van der Waals surface area contributed by atoms with Crippen LogP contribution in [0.1, 0.15) is 19.8 Å². The Kier molecular flexibility index (Phi) is 3.63. The lowest BCUT2D eigenvalue weighted by Crippen LogP contribution is -2.14. The van der Waals surface area contributed by atoms with Crippen LogP contribution in [-0.2, 0) is 15.5 Å². The van der Waals surface area contributed by atoms with E-state index in [1.807, 2.05) is 13.0 Å². The average Bonchev–Trinajstić information content (AvgIpc) is 2.37. The van der Waals surface area contributed by atoms with Crippen molar-refractivity contribution in [2.24, 2.45) is 0 Å². The molecule has 2 nitrogen and oxygen atoms in total. The highest BCUT2D eigenvalue weighted by atomic mass is 32.2. The van der Waals surface area contributed by atoms with Crippen molar-refractivity contribution in [3.05, 3.63) is 12.3 Å². The second-order valence-corrected chi connectivity index (χ2v) is 4.49. The molecule has 3 heteroatoms. The summed E-state index contributed by atoms with van der Waals surface area (Å²) in [4.78, 5) is 0. The molecular formula is C8H14O2S. The van der Waals surface area contributed by atoms with Gasteiger partial charge in [0.05, 0.1) is 11.5 Å². The third-order valence-electron chi connectivity index (χ3n) is 1.76. The van der Waals surface area contributed by atoms with E-state index in [4.69, 9.17) is 4.74 Å². The Hall–Kier alpha value is -0.310. The van der Waals surface area contributed by atoms with Crippen molar-refractivity contribution in [1.82, 2.24) is 0 Å². The van der Waals surface area contributed by atoms with Gasteiger partial charge in [-0.2, -0.15) is 0 Å². The van der Waals surface area contributed by atoms with E-state index in [-0.39, 0.29) is 5.25 Å². The first-order chi connectivity index (χ1) is 5.34. The lowest BCUT2D eigenvalue weighted by atomic mass is 10.3. The molecule has 0 aromatic carbocycles. The molecule has 1 fully saturated rings. The summed E-state index contributed by atoms with van der Waals surface area (Å²) in [7, 11) is -0.623. The van der Waals surface area contributed by atoms with E-state index >= 15 is 0 Å². The van der Waals surface area contributed by atoms with E-state index < -0.39 is 10.8 Å². The first kappa shape index (κ1) is 8.78. The molecule has 1 aliphatic rings. The highest BCUT2D eigenvalue weighted by Gasteiger charge is 2.22. The summed E-state index contributed by atoms with van der Waals surface area (Å²) in [6, 6.07) is 0. The summed E-state index contributed by atoms with van der Waals surface area (Å²) in [6.45, 7) is 2.53. The van der Waals surface area contributed by atoms with Crippen LogP contribution in [0.3, 0.4) is 0 Å². The third-order valence-corrected chi connectivity index (χ3v) is 3.56. The van der Waals surface area contributed by atoms with Gasteiger partial charge in [-0.1, -0.05) is 6.08 Å². The van der Waals surface area contributed by atoms with Crippen LogP contribution in [0.4, 0.5) is 0 Å². The van der Waals surface area contributed by atoms with Crippen molar-refractivity contribution in [3.63, 3.8) is 0 Å². The molecule has 0 spiro atoms. The molecule has 0 radical (unpaired) electrons. The molecule has 1 aliphatic heterocycles. The minimum atomic E-state index is -0.623. The smallest absolute Gasteiger partial charge is 0.102 e. The van der Waals surface area contributed by atoms with Crippen LogP contribution in [-0.4, -0.2) is 21.8 Å². The molecule has 2 unspecified atom stereocenters. The standard InChI is InChI=1S/C8H14O2S/c1-2-5-10-7-8-4-3-6-11(8)9/h2,5,8H,3-4,6-7H2,1H3/b5-2+. The molecule has 0 aromatic rings. The lowest BCUT2D eigenvalue weighted by Gasteiger charge is -2.06. The molecule has 0 amide bonds. The second kappa shape index (κ2) is 4.54. The molecular weight excluding hydrogens is 160 g/mol. The summed E-state index contributed by atoms with van der Waals surface area (Å²) >= 11 is 0. The number of rotatable bonds is 3. The first-order valence-electron chi connectivity index (χ1n) is 3.94. The largest absolute Gasteiger partial charge is 0.500 e. The quantitative estimate of drug-likeness (QED) is 0.605. The summed E-state index contributed by atoms with van der Waals surface area (Å²) in [5.74, 6) is 0.865. The maximum absolute atomic E-state index is 11.2. The fraction of sp³-hybridized carbons (Fsp3) is 0.750. The zero-order chi connectivity index (χ0) is 8.10. The molecule has 1 saturated heterocycles. The molecule has 1 rings (SSSR count). The van der Waals surface area contributed by atoms with Crippen LogP contribution in [0.25, 0.3) is 0 Å². The Morgan fingerprint density at radius 1 is 1.73 bits per heavy atom. The highest BCUT2D eigenvalue weighted by molar-refractivity contribution is 7.85. The Morgan fingerprint density at radius 3 is 3.09 bits per heavy atom. The number of ether oxygens (including phenoxy) is 1. The van der Waals surface area contributed by atoms with Gasteiger partial charge in [-0.25, -0.2) is 0 Å². The molecule has 0 aromatic heterocycles. The highest BCUT2D eigenvalue weighted by Crippen LogP contribution is 2.15. The molecule has 0 N–H and O–H groups in total. The minimum Gasteiger partial charge on any atom is -0.500 e. The monoisotopic (exact) mass is 174 g/mol. The van der Waals surface area contributed by atoms with Crippen molar-refractivity contribution in [2.45, 2.75) is 25.0 Å². The minimum absolute atomic E-state index is 0.284. The van der Waals surface area contributed by atoms with Gasteiger partial charge in [0.2, 0.25) is 0 Å². The van der Waals surface area contributed by atoms with Gasteiger partial charge in [-0.3, -0.25) is 4.21 Å². The number of allylic oxidation sites excluding steroid dienone is 1. The van der Waals surface area contributed by atoms with Crippen LogP contribution >= 0.6 is 0 Å². The number of hydrogen-bond donors (Lipinski definition) is 0. The van der Waals surface area contributed by atoms with Crippen LogP contribution in [0.5, 0.6) is 0 Å². The molecule has 0 saturated carbocycles. The zero-order valence-corrected chi connectivity index (χ0v) is 7.60. The molecule has 11 heavy (non-hydrogen) atoms. The first-order valence-corrected chi connectivity index (χ1v) is 5.32. The third kappa shape index (κ3) is 2.66. The van der Waals surface area contributed by atoms with Gasteiger partial charge < -0.3 is 4.74 Å². The topological polar surface area (TPSA) is 26.3 Å². The van der Waals surface area contributed by atoms with Crippen LogP contribution in [0.2, 0.25) is 0 Å². The summed E-state index contributed by atoms with van der Waals surface area (Å²) in [6.07, 6.45) is 5.66. The fourth-order valence-electron chi connectivity index (χ4n) is 1.17. The van der Waals surface area contributed by atoms with Gasteiger partial charge >= 0.3 is 0 Å². The lowest BCUT2D eigenvalue weighted by molar-refractivity contribution is 0.247. The summed E-state index contributed by atoms with van der Waals surface area (Å²) < 4.78 is 16.3. The Labute approximate surface area is 70.1 Å². The molecule has 1 heterocycles. The normalized spacial score (nSPS) is 31.4. The summed E-state index contributed by atoms with van der Waals surface area (Å²) in [5.41, 5.74) is 0. The van der Waals surface area contributed by atoms with E-state index in [1.165, 1.54) is 0 Å². The Morgan fingerprint density at radius 2 is 2.55 bits per heavy atom. The predicted molar refractivity (Wildman–Crippen MR) is 46.8 cm³/mol. The Bertz CT molecular complexity index is 165. The second-order valence-electron chi connectivity index (χ2n) is 2.65. The van der Waals surface area contributed by atoms with Gasteiger partial charge in [0.25, 0.3) is 0 Å². The van der Waals surface area contributed by atoms with Crippen LogP contribution in [0.15, 0.2) is 12.3 Å². The van der Waals surface area contributed by atoms with E-state index in [0.29, 0.717) is 6.61 Å². The van der Waals surface area contributed by atoms with Crippen LogP contribution in [0, 0.1) is 0 Å². The molecule has 2 atom stereocenters. The molecule has 0 bridgehead atoms. The van der Waals surface area contributed by atoms with E-state index in [9.17, 15) is 4.21 Å². The van der Waals surface area contributed by atoms with E-state index in [0.717, 1.165) is 18.6 Å².